The number of Topliss-reactive ketones (excluding diaryl/α,β-unsaturated/α-hetero) is 1. The first-order valence-electron chi connectivity index (χ1n) is 8.37. The average Bonchev–Trinajstić information content (AvgIpc) is 2.59. The Labute approximate surface area is 150 Å². The minimum atomic E-state index is -0.492. The Hall–Kier alpha value is -2.55. The third-order valence-corrected chi connectivity index (χ3v) is 4.39. The number of ether oxygens (including phenoxy) is 2. The molecule has 3 heteroatoms. The number of allylic oxidation sites excluding steroid dienone is 1. The lowest BCUT2D eigenvalue weighted by Crippen LogP contribution is -2.23. The van der Waals surface area contributed by atoms with Crippen molar-refractivity contribution in [2.75, 3.05) is 14.2 Å². The lowest BCUT2D eigenvalue weighted by molar-refractivity contribution is -0.117. The molecular weight excluding hydrogens is 312 g/mol. The first-order valence-corrected chi connectivity index (χ1v) is 8.37. The summed E-state index contributed by atoms with van der Waals surface area (Å²) in [6.07, 6.45) is 4.52. The van der Waals surface area contributed by atoms with Crippen molar-refractivity contribution in [3.05, 3.63) is 65.2 Å². The second kappa shape index (κ2) is 8.02. The fraction of sp³-hybridized carbons (Fsp3) is 0.318. The van der Waals surface area contributed by atoms with Gasteiger partial charge in [0.25, 0.3) is 0 Å². The summed E-state index contributed by atoms with van der Waals surface area (Å²) < 4.78 is 11.2. The summed E-state index contributed by atoms with van der Waals surface area (Å²) in [6.45, 7) is 5.65. The number of carbonyl (C=O) groups excluding carboxylic acids is 1. The second-order valence-corrected chi connectivity index (χ2v) is 6.54. The predicted octanol–water partition coefficient (Wildman–Crippen LogP) is 4.96. The van der Waals surface area contributed by atoms with Crippen LogP contribution in [0.15, 0.2) is 48.5 Å². The number of carbonyl (C=O) groups is 1. The number of methoxy groups -OCH3 is 2. The van der Waals surface area contributed by atoms with E-state index in [1.54, 1.807) is 21.1 Å². The third kappa shape index (κ3) is 4.30. The molecule has 0 heterocycles. The van der Waals surface area contributed by atoms with Gasteiger partial charge < -0.3 is 9.47 Å². The van der Waals surface area contributed by atoms with E-state index in [2.05, 4.69) is 19.1 Å². The highest BCUT2D eigenvalue weighted by Gasteiger charge is 2.30. The SMILES string of the molecule is COc1c(C)ccc([C@@](C)(/C=C/c2ccccc2)CC(C)=O)c1OC. The average molecular weight is 338 g/mol. The molecule has 0 bridgehead atoms. The van der Waals surface area contributed by atoms with Crippen LogP contribution in [0.4, 0.5) is 0 Å². The number of hydrogen-bond acceptors (Lipinski definition) is 3. The standard InChI is InChI=1S/C22H26O3/c1-16-11-12-19(21(25-5)20(16)24-4)22(3,15-17(2)23)14-13-18-9-7-6-8-10-18/h6-14H,15H2,1-5H3/b14-13+/t22-/m0/s1. The van der Waals surface area contributed by atoms with Gasteiger partial charge in [-0.2, -0.15) is 0 Å². The molecule has 0 aliphatic rings. The molecule has 0 unspecified atom stereocenters. The molecule has 0 amide bonds. The van der Waals surface area contributed by atoms with Crippen molar-refractivity contribution in [1.29, 1.82) is 0 Å². The monoisotopic (exact) mass is 338 g/mol. The van der Waals surface area contributed by atoms with Crippen LogP contribution in [-0.4, -0.2) is 20.0 Å². The largest absolute Gasteiger partial charge is 0.493 e. The van der Waals surface area contributed by atoms with Gasteiger partial charge in [0.15, 0.2) is 11.5 Å². The number of aryl methyl sites for hydroxylation is 1. The van der Waals surface area contributed by atoms with Gasteiger partial charge in [0.2, 0.25) is 0 Å². The van der Waals surface area contributed by atoms with E-state index in [-0.39, 0.29) is 5.78 Å². The molecule has 0 aromatic heterocycles. The summed E-state index contributed by atoms with van der Waals surface area (Å²) in [5.41, 5.74) is 2.55. The number of rotatable bonds is 7. The molecule has 0 saturated heterocycles. The molecule has 0 aliphatic carbocycles. The van der Waals surface area contributed by atoms with Crippen LogP contribution in [-0.2, 0) is 10.2 Å². The zero-order valence-corrected chi connectivity index (χ0v) is 15.6. The van der Waals surface area contributed by atoms with Gasteiger partial charge in [-0.15, -0.1) is 0 Å². The predicted molar refractivity (Wildman–Crippen MR) is 102 cm³/mol. The Morgan fingerprint density at radius 1 is 1.04 bits per heavy atom. The summed E-state index contributed by atoms with van der Waals surface area (Å²) in [4.78, 5) is 12.0. The van der Waals surface area contributed by atoms with Crippen LogP contribution >= 0.6 is 0 Å². The molecular formula is C22H26O3. The summed E-state index contributed by atoms with van der Waals surface area (Å²) >= 11 is 0. The first-order chi connectivity index (χ1) is 11.9. The maximum absolute atomic E-state index is 12.0. The molecule has 0 fully saturated rings. The summed E-state index contributed by atoms with van der Waals surface area (Å²) in [5.74, 6) is 1.52. The van der Waals surface area contributed by atoms with Crippen LogP contribution < -0.4 is 9.47 Å². The first kappa shape index (κ1) is 18.8. The highest BCUT2D eigenvalue weighted by molar-refractivity contribution is 5.78. The van der Waals surface area contributed by atoms with Gasteiger partial charge in [-0.3, -0.25) is 4.79 Å². The van der Waals surface area contributed by atoms with E-state index in [1.165, 1.54) is 0 Å². The Balaban J connectivity index is 2.57. The van der Waals surface area contributed by atoms with Crippen molar-refractivity contribution in [1.82, 2.24) is 0 Å². The summed E-state index contributed by atoms with van der Waals surface area (Å²) in [6, 6.07) is 14.1. The summed E-state index contributed by atoms with van der Waals surface area (Å²) in [5, 5.41) is 0. The molecule has 0 saturated carbocycles. The number of ketones is 1. The molecule has 3 nitrogen and oxygen atoms in total. The quantitative estimate of drug-likeness (QED) is 0.715. The van der Waals surface area contributed by atoms with Gasteiger partial charge in [-0.1, -0.05) is 61.5 Å². The van der Waals surface area contributed by atoms with Crippen LogP contribution in [0.2, 0.25) is 0 Å². The molecule has 0 aliphatic heterocycles. The van der Waals surface area contributed by atoms with Crippen molar-refractivity contribution >= 4 is 11.9 Å². The lowest BCUT2D eigenvalue weighted by Gasteiger charge is -2.29. The molecule has 25 heavy (non-hydrogen) atoms. The lowest BCUT2D eigenvalue weighted by atomic mass is 9.76. The molecule has 0 radical (unpaired) electrons. The fourth-order valence-corrected chi connectivity index (χ4v) is 3.17. The number of hydrogen-bond donors (Lipinski definition) is 0. The molecule has 1 atom stereocenters. The van der Waals surface area contributed by atoms with Gasteiger partial charge in [0.05, 0.1) is 14.2 Å². The van der Waals surface area contributed by atoms with Crippen molar-refractivity contribution in [2.45, 2.75) is 32.6 Å². The second-order valence-electron chi connectivity index (χ2n) is 6.54. The molecule has 2 rings (SSSR count). The van der Waals surface area contributed by atoms with E-state index >= 15 is 0 Å². The highest BCUT2D eigenvalue weighted by Crippen LogP contribution is 2.43. The van der Waals surface area contributed by atoms with E-state index in [0.717, 1.165) is 16.7 Å². The smallest absolute Gasteiger partial charge is 0.165 e. The summed E-state index contributed by atoms with van der Waals surface area (Å²) in [7, 11) is 3.27. The van der Waals surface area contributed by atoms with Crippen molar-refractivity contribution < 1.29 is 14.3 Å². The maximum Gasteiger partial charge on any atom is 0.165 e. The van der Waals surface area contributed by atoms with Crippen molar-refractivity contribution in [3.8, 4) is 11.5 Å². The third-order valence-electron chi connectivity index (χ3n) is 4.39. The highest BCUT2D eigenvalue weighted by atomic mass is 16.5. The zero-order valence-electron chi connectivity index (χ0n) is 15.6. The van der Waals surface area contributed by atoms with E-state index in [0.29, 0.717) is 17.9 Å². The van der Waals surface area contributed by atoms with E-state index in [9.17, 15) is 4.79 Å². The normalized spacial score (nSPS) is 13.5. The van der Waals surface area contributed by atoms with Gasteiger partial charge in [-0.25, -0.2) is 0 Å². The van der Waals surface area contributed by atoms with E-state index in [4.69, 9.17) is 9.47 Å². The van der Waals surface area contributed by atoms with Gasteiger partial charge in [0, 0.05) is 17.4 Å². The van der Waals surface area contributed by atoms with Crippen LogP contribution in [0.1, 0.15) is 37.0 Å². The Morgan fingerprint density at radius 2 is 1.68 bits per heavy atom. The minimum absolute atomic E-state index is 0.127. The van der Waals surface area contributed by atoms with Crippen LogP contribution in [0, 0.1) is 6.92 Å². The molecule has 132 valence electrons. The maximum atomic E-state index is 12.0. The molecule has 0 N–H and O–H groups in total. The van der Waals surface area contributed by atoms with Crippen molar-refractivity contribution in [3.63, 3.8) is 0 Å². The minimum Gasteiger partial charge on any atom is -0.493 e. The van der Waals surface area contributed by atoms with Crippen LogP contribution in [0.25, 0.3) is 6.08 Å². The van der Waals surface area contributed by atoms with Gasteiger partial charge >= 0.3 is 0 Å². The molecule has 2 aromatic rings. The van der Waals surface area contributed by atoms with Crippen LogP contribution in [0.3, 0.4) is 0 Å². The Morgan fingerprint density at radius 3 is 2.24 bits per heavy atom. The van der Waals surface area contributed by atoms with E-state index < -0.39 is 5.41 Å². The van der Waals surface area contributed by atoms with Crippen LogP contribution in [0.5, 0.6) is 11.5 Å². The fourth-order valence-electron chi connectivity index (χ4n) is 3.17. The molecule has 2 aromatic carbocycles. The zero-order chi connectivity index (χ0) is 18.4. The topological polar surface area (TPSA) is 35.5 Å². The van der Waals surface area contributed by atoms with E-state index in [1.807, 2.05) is 49.4 Å². The number of benzene rings is 2. The Kier molecular flexibility index (Phi) is 6.02. The Bertz CT molecular complexity index is 762. The van der Waals surface area contributed by atoms with Gasteiger partial charge in [0.1, 0.15) is 5.78 Å². The van der Waals surface area contributed by atoms with Crippen molar-refractivity contribution in [2.24, 2.45) is 0 Å². The van der Waals surface area contributed by atoms with Gasteiger partial charge in [-0.05, 0) is 25.0 Å². The molecule has 0 spiro atoms.